The molecule has 0 fully saturated rings. The Hall–Kier alpha value is -2.38. The van der Waals surface area contributed by atoms with Crippen LogP contribution in [0.4, 0.5) is 0 Å². The maximum absolute atomic E-state index is 12.7. The number of amides is 1. The van der Waals surface area contributed by atoms with E-state index < -0.39 is 15.9 Å². The fourth-order valence-corrected chi connectivity index (χ4v) is 3.86. The molecule has 0 saturated heterocycles. The van der Waals surface area contributed by atoms with Crippen LogP contribution in [0.25, 0.3) is 0 Å². The van der Waals surface area contributed by atoms with E-state index >= 15 is 0 Å². The molecule has 0 radical (unpaired) electrons. The number of hydrogen-bond acceptors (Lipinski definition) is 4. The van der Waals surface area contributed by atoms with E-state index in [-0.39, 0.29) is 17.0 Å². The summed E-state index contributed by atoms with van der Waals surface area (Å²) in [4.78, 5) is 12.0. The molecule has 7 heteroatoms. The number of carbonyl (C=O) groups is 1. The quantitative estimate of drug-likeness (QED) is 0.726. The summed E-state index contributed by atoms with van der Waals surface area (Å²) in [5.41, 5.74) is 3.40. The van der Waals surface area contributed by atoms with Crippen LogP contribution >= 0.6 is 0 Å². The van der Waals surface area contributed by atoms with E-state index in [0.717, 1.165) is 29.5 Å². The fourth-order valence-electron chi connectivity index (χ4n) is 2.83. The van der Waals surface area contributed by atoms with E-state index in [1.807, 2.05) is 19.1 Å². The van der Waals surface area contributed by atoms with Gasteiger partial charge in [0.15, 0.2) is 0 Å². The molecule has 0 aliphatic carbocycles. The van der Waals surface area contributed by atoms with Gasteiger partial charge in [0, 0.05) is 13.6 Å². The number of aryl methyl sites for hydroxylation is 2. The number of carbonyl (C=O) groups excluding carboxylic acids is 1. The van der Waals surface area contributed by atoms with Crippen molar-refractivity contribution in [2.75, 3.05) is 14.2 Å². The number of ether oxygens (including phenoxy) is 1. The number of rotatable bonds is 8. The molecule has 0 unspecified atom stereocenters. The molecule has 0 bridgehead atoms. The van der Waals surface area contributed by atoms with E-state index in [0.29, 0.717) is 5.75 Å². The Balaban J connectivity index is 2.31. The number of sulfonamides is 1. The van der Waals surface area contributed by atoms with Crippen molar-refractivity contribution in [1.82, 2.24) is 10.0 Å². The Bertz CT molecular complexity index is 924. The highest BCUT2D eigenvalue weighted by atomic mass is 32.2. The van der Waals surface area contributed by atoms with Gasteiger partial charge in [-0.15, -0.1) is 0 Å². The van der Waals surface area contributed by atoms with Gasteiger partial charge in [0.05, 0.1) is 17.6 Å². The first-order chi connectivity index (χ1) is 12.9. The third kappa shape index (κ3) is 4.87. The van der Waals surface area contributed by atoms with Crippen molar-refractivity contribution >= 4 is 15.9 Å². The molecule has 0 aromatic heterocycles. The van der Waals surface area contributed by atoms with Crippen molar-refractivity contribution in [3.05, 3.63) is 58.7 Å². The minimum atomic E-state index is -3.78. The lowest BCUT2D eigenvalue weighted by atomic mass is 10.0. The fraction of sp³-hybridized carbons (Fsp3) is 0.350. The third-order valence-electron chi connectivity index (χ3n) is 4.47. The van der Waals surface area contributed by atoms with E-state index in [2.05, 4.69) is 23.0 Å². The Morgan fingerprint density at radius 2 is 1.78 bits per heavy atom. The predicted octanol–water partition coefficient (Wildman–Crippen LogP) is 2.66. The van der Waals surface area contributed by atoms with Crippen molar-refractivity contribution in [1.29, 1.82) is 0 Å². The molecule has 2 aromatic rings. The van der Waals surface area contributed by atoms with Gasteiger partial charge in [-0.2, -0.15) is 0 Å². The number of hydrogen-bond donors (Lipinski definition) is 2. The van der Waals surface area contributed by atoms with Gasteiger partial charge in [0.1, 0.15) is 5.75 Å². The highest BCUT2D eigenvalue weighted by Crippen LogP contribution is 2.23. The molecule has 2 N–H and O–H groups in total. The summed E-state index contributed by atoms with van der Waals surface area (Å²) in [7, 11) is -0.866. The summed E-state index contributed by atoms with van der Waals surface area (Å²) in [6.07, 6.45) is 1.71. The minimum absolute atomic E-state index is 0.0200. The molecule has 0 heterocycles. The zero-order chi connectivity index (χ0) is 20.0. The molecule has 27 heavy (non-hydrogen) atoms. The Labute approximate surface area is 161 Å². The van der Waals surface area contributed by atoms with Gasteiger partial charge in [-0.25, -0.2) is 13.1 Å². The smallest absolute Gasteiger partial charge is 0.254 e. The molecule has 0 atom stereocenters. The monoisotopic (exact) mass is 390 g/mol. The second-order valence-electron chi connectivity index (χ2n) is 6.08. The summed E-state index contributed by atoms with van der Waals surface area (Å²) in [5, 5.41) is 2.49. The van der Waals surface area contributed by atoms with Gasteiger partial charge in [-0.3, -0.25) is 4.79 Å². The van der Waals surface area contributed by atoms with Crippen molar-refractivity contribution in [3.8, 4) is 5.75 Å². The Morgan fingerprint density at radius 3 is 2.37 bits per heavy atom. The van der Waals surface area contributed by atoms with Crippen LogP contribution in [0.2, 0.25) is 0 Å². The lowest BCUT2D eigenvalue weighted by Gasteiger charge is -2.13. The van der Waals surface area contributed by atoms with Crippen LogP contribution in [-0.4, -0.2) is 28.5 Å². The van der Waals surface area contributed by atoms with E-state index in [1.54, 1.807) is 0 Å². The summed E-state index contributed by atoms with van der Waals surface area (Å²) in [5.74, 6) is -0.0926. The minimum Gasteiger partial charge on any atom is -0.496 e. The van der Waals surface area contributed by atoms with Gasteiger partial charge >= 0.3 is 0 Å². The summed E-state index contributed by atoms with van der Waals surface area (Å²) >= 11 is 0. The molecule has 146 valence electrons. The zero-order valence-corrected chi connectivity index (χ0v) is 16.9. The summed E-state index contributed by atoms with van der Waals surface area (Å²) in [6, 6.07) is 10.4. The first-order valence-electron chi connectivity index (χ1n) is 8.86. The predicted molar refractivity (Wildman–Crippen MR) is 106 cm³/mol. The van der Waals surface area contributed by atoms with Crippen LogP contribution < -0.4 is 14.8 Å². The van der Waals surface area contributed by atoms with E-state index in [1.165, 1.54) is 32.4 Å². The van der Waals surface area contributed by atoms with Gasteiger partial charge in [-0.05, 0) is 47.7 Å². The molecule has 0 aliphatic heterocycles. The first-order valence-corrected chi connectivity index (χ1v) is 10.3. The molecule has 2 rings (SSSR count). The second kappa shape index (κ2) is 9.01. The number of nitrogens with one attached hydrogen (secondary N) is 2. The highest BCUT2D eigenvalue weighted by Gasteiger charge is 2.19. The van der Waals surface area contributed by atoms with Crippen molar-refractivity contribution in [3.63, 3.8) is 0 Å². The lowest BCUT2D eigenvalue weighted by molar-refractivity contribution is 0.0960. The standard InChI is InChI=1S/C20H26N2O4S/c1-5-14-7-8-15(6-2)16(11-14)13-22-27(24,25)17-9-10-19(26-4)18(12-17)20(23)21-3/h7-12,22H,5-6,13H2,1-4H3,(H,21,23). The van der Waals surface area contributed by atoms with Gasteiger partial charge in [0.2, 0.25) is 10.0 Å². The van der Waals surface area contributed by atoms with Crippen LogP contribution in [0.15, 0.2) is 41.3 Å². The number of benzene rings is 2. The second-order valence-corrected chi connectivity index (χ2v) is 7.84. The van der Waals surface area contributed by atoms with Crippen molar-refractivity contribution < 1.29 is 17.9 Å². The van der Waals surface area contributed by atoms with E-state index in [4.69, 9.17) is 4.74 Å². The molecule has 2 aromatic carbocycles. The third-order valence-corrected chi connectivity index (χ3v) is 5.86. The topological polar surface area (TPSA) is 84.5 Å². The van der Waals surface area contributed by atoms with Gasteiger partial charge in [-0.1, -0.05) is 32.0 Å². The normalized spacial score (nSPS) is 11.3. The average molecular weight is 391 g/mol. The SMILES string of the molecule is CCc1ccc(CC)c(CNS(=O)(=O)c2ccc(OC)c(C(=O)NC)c2)c1. The van der Waals surface area contributed by atoms with Crippen LogP contribution in [0.5, 0.6) is 5.75 Å². The highest BCUT2D eigenvalue weighted by molar-refractivity contribution is 7.89. The largest absolute Gasteiger partial charge is 0.496 e. The molecule has 1 amide bonds. The van der Waals surface area contributed by atoms with Crippen LogP contribution in [0.3, 0.4) is 0 Å². The Kier molecular flexibility index (Phi) is 6.98. The maximum atomic E-state index is 12.7. The zero-order valence-electron chi connectivity index (χ0n) is 16.1. The number of methoxy groups -OCH3 is 1. The average Bonchev–Trinajstić information content (AvgIpc) is 2.70. The lowest BCUT2D eigenvalue weighted by Crippen LogP contribution is -2.25. The molecule has 0 saturated carbocycles. The summed E-state index contributed by atoms with van der Waals surface area (Å²) in [6.45, 7) is 4.30. The van der Waals surface area contributed by atoms with Crippen LogP contribution in [0.1, 0.15) is 40.9 Å². The Morgan fingerprint density at radius 1 is 1.04 bits per heavy atom. The molecular weight excluding hydrogens is 364 g/mol. The van der Waals surface area contributed by atoms with Crippen LogP contribution in [0, 0.1) is 0 Å². The first kappa shape index (κ1) is 20.9. The molecule has 0 aliphatic rings. The summed E-state index contributed by atoms with van der Waals surface area (Å²) < 4.78 is 33.3. The van der Waals surface area contributed by atoms with Crippen LogP contribution in [-0.2, 0) is 29.4 Å². The van der Waals surface area contributed by atoms with Gasteiger partial charge < -0.3 is 10.1 Å². The molecular formula is C20H26N2O4S. The van der Waals surface area contributed by atoms with Crippen molar-refractivity contribution in [2.24, 2.45) is 0 Å². The van der Waals surface area contributed by atoms with E-state index in [9.17, 15) is 13.2 Å². The maximum Gasteiger partial charge on any atom is 0.254 e. The van der Waals surface area contributed by atoms with Gasteiger partial charge in [0.25, 0.3) is 5.91 Å². The molecule has 6 nitrogen and oxygen atoms in total. The molecule has 0 spiro atoms. The van der Waals surface area contributed by atoms with Crippen molar-refractivity contribution in [2.45, 2.75) is 38.1 Å².